The number of carbonyl (C=O) groups is 1. The molecule has 0 aliphatic carbocycles. The van der Waals surface area contributed by atoms with Gasteiger partial charge in [0.1, 0.15) is 0 Å². The summed E-state index contributed by atoms with van der Waals surface area (Å²) in [6.45, 7) is 1.73. The summed E-state index contributed by atoms with van der Waals surface area (Å²) in [6.07, 6.45) is 1.43. The fourth-order valence-corrected chi connectivity index (χ4v) is 0.163. The number of nitrogens with one attached hydrogen (secondary N) is 1. The molecule has 0 aromatic heterocycles. The molecule has 0 aromatic rings. The van der Waals surface area contributed by atoms with Gasteiger partial charge in [-0.3, -0.25) is 4.79 Å². The molecular weight excluding hydrogens is 92.1 g/mol. The molecule has 0 radical (unpaired) electrons. The molecule has 0 heterocycles. The van der Waals surface area contributed by atoms with E-state index in [-0.39, 0.29) is 5.78 Å². The van der Waals surface area contributed by atoms with Crippen LogP contribution in [0.2, 0.25) is 0 Å². The summed E-state index contributed by atoms with van der Waals surface area (Å²) in [5.74, 6) is -0.102. The van der Waals surface area contributed by atoms with Crippen LogP contribution in [0.4, 0.5) is 0 Å². The van der Waals surface area contributed by atoms with E-state index in [1.165, 1.54) is 0 Å². The third kappa shape index (κ3) is 2.86. The van der Waals surface area contributed by atoms with E-state index in [1.54, 1.807) is 6.92 Å². The lowest BCUT2D eigenvalue weighted by atomic mass is 10.3. The fraction of sp³-hybridized carbons (Fsp3) is 0.500. The SMILES string of the molecule is CCC(=O)C=[N+]=N. The Labute approximate surface area is 41.6 Å². The summed E-state index contributed by atoms with van der Waals surface area (Å²) in [6, 6.07) is 0. The first kappa shape index (κ1) is 6.05. The highest BCUT2D eigenvalue weighted by Crippen LogP contribution is 1.70. The van der Waals surface area contributed by atoms with Crippen molar-refractivity contribution in [3.8, 4) is 0 Å². The summed E-state index contributed by atoms with van der Waals surface area (Å²) in [5.41, 5.74) is 6.18. The molecule has 0 aliphatic rings. The van der Waals surface area contributed by atoms with Crippen LogP contribution in [-0.4, -0.2) is 16.8 Å². The van der Waals surface area contributed by atoms with Crippen LogP contribution in [0.25, 0.3) is 0 Å². The second-order valence-corrected chi connectivity index (χ2v) is 1.08. The van der Waals surface area contributed by atoms with Crippen molar-refractivity contribution in [1.29, 1.82) is 5.53 Å². The van der Waals surface area contributed by atoms with Crippen LogP contribution >= 0.6 is 0 Å². The average molecular weight is 99.1 g/mol. The van der Waals surface area contributed by atoms with Crippen LogP contribution in [-0.2, 0) is 4.79 Å². The molecule has 7 heavy (non-hydrogen) atoms. The van der Waals surface area contributed by atoms with Gasteiger partial charge in [0.2, 0.25) is 5.78 Å². The van der Waals surface area contributed by atoms with Gasteiger partial charge in [-0.2, -0.15) is 0 Å². The summed E-state index contributed by atoms with van der Waals surface area (Å²) in [5, 5.41) is 0. The molecule has 3 heteroatoms. The first-order chi connectivity index (χ1) is 3.31. The molecule has 0 rings (SSSR count). The Kier molecular flexibility index (Phi) is 2.81. The van der Waals surface area contributed by atoms with Gasteiger partial charge < -0.3 is 0 Å². The Morgan fingerprint density at radius 2 is 2.57 bits per heavy atom. The van der Waals surface area contributed by atoms with Crippen molar-refractivity contribution < 1.29 is 9.58 Å². The molecule has 0 saturated carbocycles. The van der Waals surface area contributed by atoms with Crippen molar-refractivity contribution in [1.82, 2.24) is 0 Å². The van der Waals surface area contributed by atoms with Gasteiger partial charge in [-0.05, 0) is 0 Å². The number of ketones is 1. The van der Waals surface area contributed by atoms with E-state index in [2.05, 4.69) is 4.79 Å². The van der Waals surface area contributed by atoms with Gasteiger partial charge in [-0.25, -0.2) is 0 Å². The van der Waals surface area contributed by atoms with Gasteiger partial charge in [0.15, 0.2) is 0 Å². The molecule has 0 aromatic carbocycles. The van der Waals surface area contributed by atoms with E-state index < -0.39 is 0 Å². The quantitative estimate of drug-likeness (QED) is 0.301. The van der Waals surface area contributed by atoms with Crippen molar-refractivity contribution in [2.45, 2.75) is 13.3 Å². The third-order valence-electron chi connectivity index (χ3n) is 0.557. The molecule has 0 amide bonds. The lowest BCUT2D eigenvalue weighted by Gasteiger charge is -1.66. The van der Waals surface area contributed by atoms with Crippen molar-refractivity contribution in [2.24, 2.45) is 0 Å². The van der Waals surface area contributed by atoms with Crippen LogP contribution in [0.1, 0.15) is 13.3 Å². The van der Waals surface area contributed by atoms with E-state index in [0.717, 1.165) is 6.21 Å². The van der Waals surface area contributed by atoms with Crippen molar-refractivity contribution in [3.05, 3.63) is 0 Å². The first-order valence-corrected chi connectivity index (χ1v) is 2.04. The molecule has 0 fully saturated rings. The van der Waals surface area contributed by atoms with Crippen LogP contribution in [0.5, 0.6) is 0 Å². The zero-order valence-electron chi connectivity index (χ0n) is 4.14. The maximum atomic E-state index is 10.1. The second kappa shape index (κ2) is 3.25. The normalized spacial score (nSPS) is 7.00. The van der Waals surface area contributed by atoms with E-state index in [4.69, 9.17) is 5.53 Å². The summed E-state index contributed by atoms with van der Waals surface area (Å²) in [7, 11) is 0. The van der Waals surface area contributed by atoms with Gasteiger partial charge >= 0.3 is 6.21 Å². The molecule has 0 aliphatic heterocycles. The second-order valence-electron chi connectivity index (χ2n) is 1.08. The lowest BCUT2D eigenvalue weighted by Crippen LogP contribution is -1.95. The van der Waals surface area contributed by atoms with Crippen LogP contribution in [0.3, 0.4) is 0 Å². The molecule has 0 spiro atoms. The van der Waals surface area contributed by atoms with Gasteiger partial charge in [0.05, 0.1) is 10.3 Å². The summed E-state index contributed by atoms with van der Waals surface area (Å²) < 4.78 is 0. The zero-order chi connectivity index (χ0) is 5.70. The molecule has 0 unspecified atom stereocenters. The van der Waals surface area contributed by atoms with E-state index >= 15 is 0 Å². The maximum Gasteiger partial charge on any atom is 0.372 e. The highest BCUT2D eigenvalue weighted by Gasteiger charge is 1.95. The van der Waals surface area contributed by atoms with Crippen LogP contribution in [0.15, 0.2) is 0 Å². The molecule has 0 saturated heterocycles. The Morgan fingerprint density at radius 3 is 2.71 bits per heavy atom. The van der Waals surface area contributed by atoms with Crippen LogP contribution < -0.4 is 0 Å². The van der Waals surface area contributed by atoms with Gasteiger partial charge in [-0.1, -0.05) is 6.92 Å². The van der Waals surface area contributed by atoms with Gasteiger partial charge in [-0.15, -0.1) is 0 Å². The van der Waals surface area contributed by atoms with E-state index in [9.17, 15) is 4.79 Å². The Balaban J connectivity index is 3.58. The van der Waals surface area contributed by atoms with Crippen molar-refractivity contribution >= 4 is 12.0 Å². The first-order valence-electron chi connectivity index (χ1n) is 2.04. The summed E-state index contributed by atoms with van der Waals surface area (Å²) in [4.78, 5) is 12.9. The number of nitrogens with zero attached hydrogens (tertiary/aromatic N) is 1. The number of rotatable bonds is 2. The zero-order valence-corrected chi connectivity index (χ0v) is 4.14. The predicted molar refractivity (Wildman–Crippen MR) is 24.3 cm³/mol. The lowest BCUT2D eigenvalue weighted by molar-refractivity contribution is -0.131. The largest absolute Gasteiger partial charge is 0.372 e. The van der Waals surface area contributed by atoms with E-state index in [1.807, 2.05) is 0 Å². The molecular formula is C4H7N2O+. The van der Waals surface area contributed by atoms with Crippen LogP contribution in [0, 0.1) is 5.53 Å². The molecule has 38 valence electrons. The van der Waals surface area contributed by atoms with Gasteiger partial charge in [0, 0.05) is 6.42 Å². The minimum atomic E-state index is -0.102. The average Bonchev–Trinajstić information content (AvgIpc) is 1.68. The number of hydrogen-bond acceptors (Lipinski definition) is 2. The predicted octanol–water partition coefficient (Wildman–Crippen LogP) is 0.275. The molecule has 0 atom stereocenters. The third-order valence-corrected chi connectivity index (χ3v) is 0.557. The molecule has 0 bridgehead atoms. The smallest absolute Gasteiger partial charge is 0.287 e. The maximum absolute atomic E-state index is 10.1. The van der Waals surface area contributed by atoms with Crippen molar-refractivity contribution in [3.63, 3.8) is 0 Å². The highest BCUT2D eigenvalue weighted by molar-refractivity contribution is 6.24. The van der Waals surface area contributed by atoms with Crippen molar-refractivity contribution in [2.75, 3.05) is 0 Å². The topological polar surface area (TPSA) is 55.0 Å². The monoisotopic (exact) mass is 99.1 g/mol. The molecule has 3 nitrogen and oxygen atoms in total. The highest BCUT2D eigenvalue weighted by atomic mass is 16.1. The molecule has 1 N–H and O–H groups in total. The number of carbonyl (C=O) groups excluding carboxylic acids is 1. The van der Waals surface area contributed by atoms with E-state index in [0.29, 0.717) is 6.42 Å². The number of Topliss-reactive ketones (excluding diaryl/α,β-unsaturated/α-hetero) is 1. The van der Waals surface area contributed by atoms with Gasteiger partial charge in [0.25, 0.3) is 0 Å². The Hall–Kier alpha value is -0.950. The minimum absolute atomic E-state index is 0.102. The summed E-state index contributed by atoms with van der Waals surface area (Å²) >= 11 is 0. The minimum Gasteiger partial charge on any atom is -0.287 e. The number of hydrogen-bond donors (Lipinski definition) is 1. The standard InChI is InChI=1S/C4H7N2O/c1-2-4(7)3-6-5/h3,5H,2H2,1H3/q+1. The Bertz CT molecular complexity index is 113. The Morgan fingerprint density at radius 1 is 2.00 bits per heavy atom. The fourth-order valence-electron chi connectivity index (χ4n) is 0.163.